The van der Waals surface area contributed by atoms with E-state index in [1.54, 1.807) is 4.52 Å². The first-order chi connectivity index (χ1) is 10.3. The number of aryl methyl sites for hydroxylation is 1. The molecule has 0 bridgehead atoms. The summed E-state index contributed by atoms with van der Waals surface area (Å²) >= 11 is 0. The van der Waals surface area contributed by atoms with Crippen molar-refractivity contribution in [1.82, 2.24) is 19.6 Å². The number of ether oxygens (including phenoxy) is 2. The van der Waals surface area contributed by atoms with Gasteiger partial charge in [-0.25, -0.2) is 4.98 Å². The summed E-state index contributed by atoms with van der Waals surface area (Å²) in [6.45, 7) is 6.08. The highest BCUT2D eigenvalue weighted by Gasteiger charge is 2.15. The van der Waals surface area contributed by atoms with Gasteiger partial charge in [0.1, 0.15) is 12.1 Å². The van der Waals surface area contributed by atoms with Gasteiger partial charge in [0.2, 0.25) is 0 Å². The van der Waals surface area contributed by atoms with Crippen LogP contribution in [0.1, 0.15) is 18.5 Å². The number of aromatic nitrogens is 4. The molecule has 1 aliphatic heterocycles. The first-order valence-electron chi connectivity index (χ1n) is 7.39. The lowest BCUT2D eigenvalue weighted by Crippen LogP contribution is -2.13. The fourth-order valence-electron chi connectivity index (χ4n) is 2.41. The maximum Gasteiger partial charge on any atom is 0.254 e. The molecular formula is C14H21N5O2. The summed E-state index contributed by atoms with van der Waals surface area (Å²) in [5.74, 6) is 2.12. The first kappa shape index (κ1) is 14.2. The third-order valence-electron chi connectivity index (χ3n) is 3.53. The molecule has 114 valence electrons. The minimum atomic E-state index is 0.579. The van der Waals surface area contributed by atoms with E-state index in [1.807, 2.05) is 13.0 Å². The summed E-state index contributed by atoms with van der Waals surface area (Å²) in [6.07, 6.45) is 3.59. The molecule has 0 aliphatic carbocycles. The Labute approximate surface area is 123 Å². The van der Waals surface area contributed by atoms with Crippen molar-refractivity contribution < 1.29 is 9.47 Å². The normalized spacial score (nSPS) is 18.4. The van der Waals surface area contributed by atoms with E-state index >= 15 is 0 Å². The van der Waals surface area contributed by atoms with E-state index in [4.69, 9.17) is 9.47 Å². The average molecular weight is 291 g/mol. The number of rotatable bonds is 7. The van der Waals surface area contributed by atoms with Gasteiger partial charge in [0.15, 0.2) is 0 Å². The van der Waals surface area contributed by atoms with Crippen molar-refractivity contribution in [3.8, 4) is 0 Å². The Morgan fingerprint density at radius 1 is 1.52 bits per heavy atom. The van der Waals surface area contributed by atoms with Crippen LogP contribution in [0.25, 0.3) is 5.78 Å². The largest absolute Gasteiger partial charge is 0.381 e. The summed E-state index contributed by atoms with van der Waals surface area (Å²) in [5.41, 5.74) is 0.926. The average Bonchev–Trinajstić information content (AvgIpc) is 3.13. The standard InChI is InChI=1S/C14H21N5O2/c1-11-7-13(19-14(18-11)16-10-17-19)15-4-2-5-20-8-12-3-6-21-9-12/h7,10,12,15H,2-6,8-9H2,1H3. The molecule has 1 unspecified atom stereocenters. The molecule has 0 saturated carbocycles. The van der Waals surface area contributed by atoms with E-state index in [0.29, 0.717) is 11.7 Å². The van der Waals surface area contributed by atoms with Crippen molar-refractivity contribution in [3.63, 3.8) is 0 Å². The van der Waals surface area contributed by atoms with Gasteiger partial charge in [-0.15, -0.1) is 0 Å². The van der Waals surface area contributed by atoms with Crippen LogP contribution in [-0.2, 0) is 9.47 Å². The Morgan fingerprint density at radius 2 is 2.48 bits per heavy atom. The number of nitrogens with one attached hydrogen (secondary N) is 1. The van der Waals surface area contributed by atoms with Gasteiger partial charge in [-0.1, -0.05) is 0 Å². The monoisotopic (exact) mass is 291 g/mol. The predicted molar refractivity (Wildman–Crippen MR) is 78.4 cm³/mol. The van der Waals surface area contributed by atoms with Gasteiger partial charge < -0.3 is 14.8 Å². The van der Waals surface area contributed by atoms with Crippen LogP contribution in [0.4, 0.5) is 5.82 Å². The maximum atomic E-state index is 5.68. The highest BCUT2D eigenvalue weighted by atomic mass is 16.5. The molecule has 21 heavy (non-hydrogen) atoms. The Balaban J connectivity index is 1.41. The lowest BCUT2D eigenvalue weighted by atomic mass is 10.1. The van der Waals surface area contributed by atoms with E-state index in [9.17, 15) is 0 Å². The van der Waals surface area contributed by atoms with Crippen LogP contribution >= 0.6 is 0 Å². The highest BCUT2D eigenvalue weighted by Crippen LogP contribution is 2.12. The van der Waals surface area contributed by atoms with Crippen LogP contribution in [0.3, 0.4) is 0 Å². The second-order valence-corrected chi connectivity index (χ2v) is 5.34. The van der Waals surface area contributed by atoms with Crippen molar-refractivity contribution in [2.45, 2.75) is 19.8 Å². The predicted octanol–water partition coefficient (Wildman–Crippen LogP) is 1.29. The van der Waals surface area contributed by atoms with Gasteiger partial charge in [0, 0.05) is 37.4 Å². The summed E-state index contributed by atoms with van der Waals surface area (Å²) in [6, 6.07) is 1.97. The minimum absolute atomic E-state index is 0.579. The van der Waals surface area contributed by atoms with Crippen LogP contribution in [0, 0.1) is 12.8 Å². The van der Waals surface area contributed by atoms with Gasteiger partial charge in [-0.05, 0) is 19.8 Å². The second-order valence-electron chi connectivity index (χ2n) is 5.34. The number of anilines is 1. The first-order valence-corrected chi connectivity index (χ1v) is 7.39. The molecule has 1 saturated heterocycles. The number of hydrogen-bond acceptors (Lipinski definition) is 6. The third kappa shape index (κ3) is 3.68. The second kappa shape index (κ2) is 6.82. The van der Waals surface area contributed by atoms with Crippen LogP contribution in [0.2, 0.25) is 0 Å². The smallest absolute Gasteiger partial charge is 0.254 e. The highest BCUT2D eigenvalue weighted by molar-refractivity contribution is 5.44. The molecule has 1 N–H and O–H groups in total. The molecule has 1 aliphatic rings. The van der Waals surface area contributed by atoms with E-state index < -0.39 is 0 Å². The van der Waals surface area contributed by atoms with Crippen LogP contribution < -0.4 is 5.32 Å². The zero-order valence-electron chi connectivity index (χ0n) is 12.3. The fraction of sp³-hybridized carbons (Fsp3) is 0.643. The van der Waals surface area contributed by atoms with Crippen molar-refractivity contribution in [2.75, 3.05) is 38.3 Å². The molecule has 0 radical (unpaired) electrons. The third-order valence-corrected chi connectivity index (χ3v) is 3.53. The molecule has 3 rings (SSSR count). The summed E-state index contributed by atoms with van der Waals surface area (Å²) in [7, 11) is 0. The van der Waals surface area contributed by atoms with E-state index in [0.717, 1.165) is 57.3 Å². The van der Waals surface area contributed by atoms with Crippen molar-refractivity contribution >= 4 is 11.6 Å². The lowest BCUT2D eigenvalue weighted by molar-refractivity contribution is 0.0897. The van der Waals surface area contributed by atoms with Gasteiger partial charge in [0.05, 0.1) is 13.2 Å². The number of hydrogen-bond donors (Lipinski definition) is 1. The van der Waals surface area contributed by atoms with E-state index in [-0.39, 0.29) is 0 Å². The number of nitrogens with zero attached hydrogens (tertiary/aromatic N) is 4. The summed E-state index contributed by atoms with van der Waals surface area (Å²) in [5, 5.41) is 7.52. The molecule has 7 heteroatoms. The van der Waals surface area contributed by atoms with E-state index in [1.165, 1.54) is 6.33 Å². The van der Waals surface area contributed by atoms with Gasteiger partial charge in [-0.2, -0.15) is 14.6 Å². The Kier molecular flexibility index (Phi) is 4.62. The van der Waals surface area contributed by atoms with Crippen LogP contribution in [0.15, 0.2) is 12.4 Å². The summed E-state index contributed by atoms with van der Waals surface area (Å²) in [4.78, 5) is 8.42. The molecule has 1 fully saturated rings. The molecule has 1 atom stereocenters. The SMILES string of the molecule is Cc1cc(NCCCOCC2CCOC2)n2ncnc2n1. The quantitative estimate of drug-likeness (QED) is 0.775. The fourth-order valence-corrected chi connectivity index (χ4v) is 2.41. The van der Waals surface area contributed by atoms with Crippen molar-refractivity contribution in [1.29, 1.82) is 0 Å². The number of fused-ring (bicyclic) bond motifs is 1. The molecule has 2 aromatic rings. The minimum Gasteiger partial charge on any atom is -0.381 e. The molecule has 2 aromatic heterocycles. The zero-order valence-corrected chi connectivity index (χ0v) is 12.3. The summed E-state index contributed by atoms with van der Waals surface area (Å²) < 4.78 is 12.7. The maximum absolute atomic E-state index is 5.68. The van der Waals surface area contributed by atoms with E-state index in [2.05, 4.69) is 20.4 Å². The van der Waals surface area contributed by atoms with Crippen molar-refractivity contribution in [2.24, 2.45) is 5.92 Å². The Morgan fingerprint density at radius 3 is 3.33 bits per heavy atom. The van der Waals surface area contributed by atoms with Crippen molar-refractivity contribution in [3.05, 3.63) is 18.1 Å². The topological polar surface area (TPSA) is 73.6 Å². The molecule has 0 amide bonds. The van der Waals surface area contributed by atoms with Gasteiger partial charge >= 0.3 is 0 Å². The Hall–Kier alpha value is -1.73. The van der Waals surface area contributed by atoms with Crippen LogP contribution in [-0.4, -0.2) is 52.6 Å². The molecule has 3 heterocycles. The lowest BCUT2D eigenvalue weighted by Gasteiger charge is -2.10. The van der Waals surface area contributed by atoms with Crippen LogP contribution in [0.5, 0.6) is 0 Å². The zero-order chi connectivity index (χ0) is 14.5. The Bertz CT molecular complexity index is 580. The molecule has 7 nitrogen and oxygen atoms in total. The van der Waals surface area contributed by atoms with Gasteiger partial charge in [-0.3, -0.25) is 0 Å². The molecule has 0 aromatic carbocycles. The van der Waals surface area contributed by atoms with Gasteiger partial charge in [0.25, 0.3) is 5.78 Å². The molecule has 0 spiro atoms. The molecular weight excluding hydrogens is 270 g/mol.